The minimum Gasteiger partial charge on any atom is -0.378 e. The van der Waals surface area contributed by atoms with Gasteiger partial charge in [0.05, 0.1) is 13.2 Å². The number of anilines is 1. The maximum absolute atomic E-state index is 13.3. The Kier molecular flexibility index (Phi) is 5.15. The number of rotatable bonds is 3. The van der Waals surface area contributed by atoms with Crippen molar-refractivity contribution < 1.29 is 9.53 Å². The molecule has 0 bridgehead atoms. The third kappa shape index (κ3) is 3.66. The number of fused-ring (bicyclic) bond motifs is 1. The second kappa shape index (κ2) is 8.24. The maximum Gasteiger partial charge on any atom is 0.259 e. The second-order valence-corrected chi connectivity index (χ2v) is 7.64. The molecule has 1 fully saturated rings. The van der Waals surface area contributed by atoms with Gasteiger partial charge in [-0.1, -0.05) is 54.6 Å². The molecule has 0 atom stereocenters. The molecule has 2 aliphatic heterocycles. The Hall–Kier alpha value is -3.25. The number of aromatic nitrogens is 2. The molecule has 152 valence electrons. The van der Waals surface area contributed by atoms with Crippen LogP contribution in [0.3, 0.4) is 0 Å². The highest BCUT2D eigenvalue weighted by Crippen LogP contribution is 2.28. The van der Waals surface area contributed by atoms with E-state index in [1.807, 2.05) is 35.2 Å². The molecule has 30 heavy (non-hydrogen) atoms. The van der Waals surface area contributed by atoms with Crippen molar-refractivity contribution in [1.82, 2.24) is 14.9 Å². The standard InChI is InChI=1S/C24H24N4O2/c29-24(27-12-14-30-15-13-27)21-16-25-22(19-7-2-1-3-8-19)26-23(21)28-11-10-18-6-4-5-9-20(18)17-28/h1-9,16H,10-15,17H2. The first-order chi connectivity index (χ1) is 14.8. The molecule has 0 spiro atoms. The summed E-state index contributed by atoms with van der Waals surface area (Å²) in [5.41, 5.74) is 4.16. The zero-order valence-corrected chi connectivity index (χ0v) is 16.8. The average Bonchev–Trinajstić information content (AvgIpc) is 2.84. The molecule has 6 nitrogen and oxygen atoms in total. The topological polar surface area (TPSA) is 58.6 Å². The molecule has 3 heterocycles. The van der Waals surface area contributed by atoms with E-state index in [2.05, 4.69) is 34.1 Å². The summed E-state index contributed by atoms with van der Waals surface area (Å²) < 4.78 is 5.41. The molecule has 0 N–H and O–H groups in total. The van der Waals surface area contributed by atoms with Crippen LogP contribution in [0.1, 0.15) is 21.5 Å². The van der Waals surface area contributed by atoms with Gasteiger partial charge < -0.3 is 14.5 Å². The third-order valence-corrected chi connectivity index (χ3v) is 5.76. The van der Waals surface area contributed by atoms with Crippen molar-refractivity contribution in [2.24, 2.45) is 0 Å². The minimum atomic E-state index is -0.0215. The van der Waals surface area contributed by atoms with Crippen molar-refractivity contribution in [3.8, 4) is 11.4 Å². The highest BCUT2D eigenvalue weighted by Gasteiger charge is 2.27. The van der Waals surface area contributed by atoms with Gasteiger partial charge in [-0.2, -0.15) is 0 Å². The van der Waals surface area contributed by atoms with E-state index in [0.29, 0.717) is 37.7 Å². The van der Waals surface area contributed by atoms with Crippen molar-refractivity contribution in [2.75, 3.05) is 37.7 Å². The molecule has 1 saturated heterocycles. The Labute approximate surface area is 176 Å². The number of amides is 1. The lowest BCUT2D eigenvalue weighted by atomic mass is 9.99. The van der Waals surface area contributed by atoms with E-state index in [1.54, 1.807) is 6.20 Å². The first-order valence-corrected chi connectivity index (χ1v) is 10.4. The zero-order valence-electron chi connectivity index (χ0n) is 16.8. The third-order valence-electron chi connectivity index (χ3n) is 5.76. The molecule has 6 heteroatoms. The Morgan fingerprint density at radius 2 is 1.63 bits per heavy atom. The number of ether oxygens (including phenoxy) is 1. The summed E-state index contributed by atoms with van der Waals surface area (Å²) in [6, 6.07) is 18.4. The SMILES string of the molecule is O=C(c1cnc(-c2ccccc2)nc1N1CCc2ccccc2C1)N1CCOCC1. The van der Waals surface area contributed by atoms with E-state index >= 15 is 0 Å². The van der Waals surface area contributed by atoms with Crippen LogP contribution in [0, 0.1) is 0 Å². The van der Waals surface area contributed by atoms with Crippen LogP contribution in [0.15, 0.2) is 60.8 Å². The van der Waals surface area contributed by atoms with Gasteiger partial charge in [-0.15, -0.1) is 0 Å². The summed E-state index contributed by atoms with van der Waals surface area (Å²) in [5, 5.41) is 0. The van der Waals surface area contributed by atoms with E-state index in [9.17, 15) is 4.79 Å². The van der Waals surface area contributed by atoms with E-state index in [1.165, 1.54) is 11.1 Å². The second-order valence-electron chi connectivity index (χ2n) is 7.64. The summed E-state index contributed by atoms with van der Waals surface area (Å²) in [6.07, 6.45) is 2.63. The van der Waals surface area contributed by atoms with Crippen molar-refractivity contribution in [3.05, 3.63) is 77.5 Å². The van der Waals surface area contributed by atoms with E-state index in [0.717, 1.165) is 30.9 Å². The van der Waals surface area contributed by atoms with Gasteiger partial charge in [0.25, 0.3) is 5.91 Å². The van der Waals surface area contributed by atoms with Crippen LogP contribution >= 0.6 is 0 Å². The molecule has 1 aromatic heterocycles. The van der Waals surface area contributed by atoms with Crippen LogP contribution in [0.25, 0.3) is 11.4 Å². The smallest absolute Gasteiger partial charge is 0.259 e. The number of nitrogens with zero attached hydrogens (tertiary/aromatic N) is 4. The molecule has 2 aliphatic rings. The summed E-state index contributed by atoms with van der Waals surface area (Å²) in [4.78, 5) is 26.8. The monoisotopic (exact) mass is 400 g/mol. The number of morpholine rings is 1. The minimum absolute atomic E-state index is 0.0215. The first kappa shape index (κ1) is 18.8. The molecule has 3 aromatic rings. The van der Waals surface area contributed by atoms with Crippen LogP contribution in [0.4, 0.5) is 5.82 Å². The molecular formula is C24H24N4O2. The fourth-order valence-electron chi connectivity index (χ4n) is 4.10. The molecule has 5 rings (SSSR count). The molecule has 0 unspecified atom stereocenters. The van der Waals surface area contributed by atoms with Crippen molar-refractivity contribution in [3.63, 3.8) is 0 Å². The molecule has 1 amide bonds. The van der Waals surface area contributed by atoms with E-state index in [4.69, 9.17) is 9.72 Å². The normalized spacial score (nSPS) is 16.3. The number of benzene rings is 2. The lowest BCUT2D eigenvalue weighted by molar-refractivity contribution is 0.0302. The fourth-order valence-corrected chi connectivity index (χ4v) is 4.10. The Balaban J connectivity index is 1.54. The maximum atomic E-state index is 13.3. The quantitative estimate of drug-likeness (QED) is 0.676. The van der Waals surface area contributed by atoms with Gasteiger partial charge in [0.15, 0.2) is 5.82 Å². The fraction of sp³-hybridized carbons (Fsp3) is 0.292. The van der Waals surface area contributed by atoms with Crippen LogP contribution in [-0.4, -0.2) is 53.6 Å². The van der Waals surface area contributed by atoms with Crippen molar-refractivity contribution in [1.29, 1.82) is 0 Å². The molecular weight excluding hydrogens is 376 g/mol. The number of hydrogen-bond acceptors (Lipinski definition) is 5. The molecule has 0 saturated carbocycles. The number of hydrogen-bond donors (Lipinski definition) is 0. The van der Waals surface area contributed by atoms with Gasteiger partial charge in [0.1, 0.15) is 11.4 Å². The van der Waals surface area contributed by atoms with Crippen LogP contribution in [0.5, 0.6) is 0 Å². The summed E-state index contributed by atoms with van der Waals surface area (Å²) in [6.45, 7) is 3.90. The number of carbonyl (C=O) groups excluding carboxylic acids is 1. The van der Waals surface area contributed by atoms with Gasteiger partial charge in [-0.3, -0.25) is 4.79 Å². The molecule has 2 aromatic carbocycles. The van der Waals surface area contributed by atoms with Crippen molar-refractivity contribution >= 4 is 11.7 Å². The number of carbonyl (C=O) groups is 1. The Bertz CT molecular complexity index is 1050. The first-order valence-electron chi connectivity index (χ1n) is 10.4. The predicted octanol–water partition coefficient (Wildman–Crippen LogP) is 3.18. The van der Waals surface area contributed by atoms with Crippen LogP contribution in [0.2, 0.25) is 0 Å². The predicted molar refractivity (Wildman–Crippen MR) is 115 cm³/mol. The Morgan fingerprint density at radius 3 is 2.43 bits per heavy atom. The van der Waals surface area contributed by atoms with Crippen LogP contribution in [-0.2, 0) is 17.7 Å². The largest absolute Gasteiger partial charge is 0.378 e. The summed E-state index contributed by atoms with van der Waals surface area (Å²) in [7, 11) is 0. The lowest BCUT2D eigenvalue weighted by Gasteiger charge is -2.32. The van der Waals surface area contributed by atoms with Gasteiger partial charge in [-0.05, 0) is 17.5 Å². The van der Waals surface area contributed by atoms with Gasteiger partial charge in [0, 0.05) is 37.9 Å². The Morgan fingerprint density at radius 1 is 0.900 bits per heavy atom. The van der Waals surface area contributed by atoms with Gasteiger partial charge in [-0.25, -0.2) is 9.97 Å². The summed E-state index contributed by atoms with van der Waals surface area (Å²) >= 11 is 0. The van der Waals surface area contributed by atoms with Crippen molar-refractivity contribution in [2.45, 2.75) is 13.0 Å². The van der Waals surface area contributed by atoms with E-state index in [-0.39, 0.29) is 5.91 Å². The van der Waals surface area contributed by atoms with Gasteiger partial charge >= 0.3 is 0 Å². The average molecular weight is 400 g/mol. The highest BCUT2D eigenvalue weighted by molar-refractivity contribution is 5.99. The summed E-state index contributed by atoms with van der Waals surface area (Å²) in [5.74, 6) is 1.34. The molecule has 0 aliphatic carbocycles. The van der Waals surface area contributed by atoms with Crippen LogP contribution < -0.4 is 4.90 Å². The lowest BCUT2D eigenvalue weighted by Crippen LogP contribution is -2.42. The highest BCUT2D eigenvalue weighted by atomic mass is 16.5. The molecule has 0 radical (unpaired) electrons. The zero-order chi connectivity index (χ0) is 20.3. The van der Waals surface area contributed by atoms with Gasteiger partial charge in [0.2, 0.25) is 0 Å². The van der Waals surface area contributed by atoms with E-state index < -0.39 is 0 Å².